The molecule has 0 N–H and O–H groups in total. The van der Waals surface area contributed by atoms with Crippen molar-refractivity contribution < 1.29 is 9.21 Å². The molecule has 25 heavy (non-hydrogen) atoms. The molecule has 130 valence electrons. The van der Waals surface area contributed by atoms with E-state index in [1.165, 1.54) is 10.9 Å². The zero-order valence-corrected chi connectivity index (χ0v) is 14.4. The van der Waals surface area contributed by atoms with Crippen LogP contribution >= 0.6 is 0 Å². The number of rotatable bonds is 2. The number of benzene rings is 1. The fraction of sp³-hybridized carbons (Fsp3) is 0.421. The number of hydrogen-bond acceptors (Lipinski definition) is 4. The monoisotopic (exact) mass is 339 g/mol. The fourth-order valence-electron chi connectivity index (χ4n) is 3.84. The van der Waals surface area contributed by atoms with E-state index in [9.17, 15) is 9.59 Å². The molecule has 1 saturated heterocycles. The van der Waals surface area contributed by atoms with E-state index in [4.69, 9.17) is 4.42 Å². The molecule has 2 atom stereocenters. The Hall–Kier alpha value is -2.63. The van der Waals surface area contributed by atoms with Gasteiger partial charge in [0.15, 0.2) is 0 Å². The third-order valence-electron chi connectivity index (χ3n) is 4.88. The van der Waals surface area contributed by atoms with E-state index >= 15 is 0 Å². The fourth-order valence-corrected chi connectivity index (χ4v) is 3.84. The quantitative estimate of drug-likeness (QED) is 0.720. The number of fused-ring (bicyclic) bond motifs is 3. The second-order valence-electron chi connectivity index (χ2n) is 7.20. The zero-order valence-electron chi connectivity index (χ0n) is 14.4. The molecule has 2 unspecified atom stereocenters. The van der Waals surface area contributed by atoms with Gasteiger partial charge in [0, 0.05) is 18.5 Å². The van der Waals surface area contributed by atoms with Crippen molar-refractivity contribution in [3.8, 4) is 0 Å². The number of nitrogens with zero attached hydrogens (tertiary/aromatic N) is 3. The molecule has 6 heteroatoms. The van der Waals surface area contributed by atoms with Gasteiger partial charge in [0.1, 0.15) is 17.6 Å². The van der Waals surface area contributed by atoms with Crippen LogP contribution in [0.15, 0.2) is 39.8 Å². The molecular weight excluding hydrogens is 318 g/mol. The summed E-state index contributed by atoms with van der Waals surface area (Å²) in [5.41, 5.74) is 1.07. The van der Waals surface area contributed by atoms with Crippen LogP contribution in [0.4, 0.5) is 0 Å². The van der Waals surface area contributed by atoms with Crippen LogP contribution in [0.1, 0.15) is 20.3 Å². The lowest BCUT2D eigenvalue weighted by Crippen LogP contribution is -2.44. The molecule has 6 nitrogen and oxygen atoms in total. The Labute approximate surface area is 145 Å². The number of aromatic nitrogens is 2. The lowest BCUT2D eigenvalue weighted by Gasteiger charge is -2.35. The summed E-state index contributed by atoms with van der Waals surface area (Å²) in [6.45, 7) is 5.81. The van der Waals surface area contributed by atoms with Crippen LogP contribution in [0.25, 0.3) is 22.1 Å². The first-order valence-corrected chi connectivity index (χ1v) is 8.67. The summed E-state index contributed by atoms with van der Waals surface area (Å²) in [5.74, 6) is 0.929. The van der Waals surface area contributed by atoms with Crippen LogP contribution in [0.2, 0.25) is 0 Å². The molecule has 0 radical (unpaired) electrons. The van der Waals surface area contributed by atoms with Gasteiger partial charge in [-0.2, -0.15) is 0 Å². The number of amides is 1. The topological polar surface area (TPSA) is 68.3 Å². The highest BCUT2D eigenvalue weighted by Gasteiger charge is 2.26. The van der Waals surface area contributed by atoms with Crippen molar-refractivity contribution in [3.63, 3.8) is 0 Å². The van der Waals surface area contributed by atoms with Crippen LogP contribution in [0.5, 0.6) is 0 Å². The van der Waals surface area contributed by atoms with Crippen LogP contribution in [-0.4, -0.2) is 33.4 Å². The number of furan rings is 1. The van der Waals surface area contributed by atoms with Crippen molar-refractivity contribution in [2.75, 3.05) is 13.1 Å². The van der Waals surface area contributed by atoms with Gasteiger partial charge in [-0.05, 0) is 30.4 Å². The van der Waals surface area contributed by atoms with Gasteiger partial charge in [0.05, 0.1) is 6.33 Å². The van der Waals surface area contributed by atoms with Crippen LogP contribution in [-0.2, 0) is 11.3 Å². The number of likely N-dealkylation sites (tertiary alicyclic amines) is 1. The Morgan fingerprint density at radius 1 is 1.24 bits per heavy atom. The number of piperidine rings is 1. The van der Waals surface area contributed by atoms with E-state index in [1.807, 2.05) is 29.2 Å². The number of carbonyl (C=O) groups excluding carboxylic acids is 1. The van der Waals surface area contributed by atoms with Crippen LogP contribution in [0.3, 0.4) is 0 Å². The van der Waals surface area contributed by atoms with Gasteiger partial charge >= 0.3 is 0 Å². The molecule has 3 aromatic rings. The first kappa shape index (κ1) is 15.9. The minimum atomic E-state index is -0.312. The maximum absolute atomic E-state index is 12.7. The van der Waals surface area contributed by atoms with E-state index in [1.54, 1.807) is 0 Å². The van der Waals surface area contributed by atoms with Crippen molar-refractivity contribution in [1.29, 1.82) is 0 Å². The molecule has 4 rings (SSSR count). The molecule has 0 aliphatic carbocycles. The van der Waals surface area contributed by atoms with E-state index in [2.05, 4.69) is 18.8 Å². The van der Waals surface area contributed by atoms with Crippen molar-refractivity contribution in [1.82, 2.24) is 14.5 Å². The molecule has 0 saturated carbocycles. The van der Waals surface area contributed by atoms with Crippen molar-refractivity contribution in [2.45, 2.75) is 26.8 Å². The molecule has 1 aromatic carbocycles. The SMILES string of the molecule is CC1CC(C)CN(C(=O)Cn2cnc3c(oc4ccccc43)c2=O)C1. The number of para-hydroxylation sites is 1. The normalized spacial score (nSPS) is 21.1. The van der Waals surface area contributed by atoms with Crippen LogP contribution in [0, 0.1) is 11.8 Å². The van der Waals surface area contributed by atoms with Crippen molar-refractivity contribution in [3.05, 3.63) is 40.9 Å². The summed E-state index contributed by atoms with van der Waals surface area (Å²) in [5, 5.41) is 0.812. The molecular formula is C19H21N3O3. The lowest BCUT2D eigenvalue weighted by atomic mass is 9.92. The standard InChI is InChI=1S/C19H21N3O3/c1-12-7-13(2)9-21(8-12)16(23)10-22-11-20-17-14-5-3-4-6-15(14)25-18(17)19(22)24/h3-6,11-13H,7-10H2,1-2H3. The number of carbonyl (C=O) groups is 1. The first-order valence-electron chi connectivity index (χ1n) is 8.67. The van der Waals surface area contributed by atoms with Gasteiger partial charge < -0.3 is 9.32 Å². The van der Waals surface area contributed by atoms with Gasteiger partial charge in [-0.15, -0.1) is 0 Å². The Balaban J connectivity index is 1.65. The smallest absolute Gasteiger partial charge is 0.297 e. The maximum atomic E-state index is 12.7. The highest BCUT2D eigenvalue weighted by atomic mass is 16.3. The van der Waals surface area contributed by atoms with E-state index < -0.39 is 0 Å². The molecule has 1 aliphatic rings. The summed E-state index contributed by atoms with van der Waals surface area (Å²) < 4.78 is 7.01. The predicted molar refractivity (Wildman–Crippen MR) is 95.3 cm³/mol. The first-order chi connectivity index (χ1) is 12.0. The highest BCUT2D eigenvalue weighted by Crippen LogP contribution is 2.24. The zero-order chi connectivity index (χ0) is 17.6. The summed E-state index contributed by atoms with van der Waals surface area (Å²) in [6, 6.07) is 7.42. The third kappa shape index (κ3) is 2.81. The summed E-state index contributed by atoms with van der Waals surface area (Å²) in [6.07, 6.45) is 2.58. The van der Waals surface area contributed by atoms with E-state index in [0.717, 1.165) is 24.9 Å². The van der Waals surface area contributed by atoms with Gasteiger partial charge in [-0.1, -0.05) is 26.0 Å². The Morgan fingerprint density at radius 3 is 2.72 bits per heavy atom. The molecule has 1 aliphatic heterocycles. The van der Waals surface area contributed by atoms with Crippen molar-refractivity contribution >= 4 is 28.0 Å². The molecule has 0 spiro atoms. The molecule has 2 aromatic heterocycles. The van der Waals surface area contributed by atoms with E-state index in [0.29, 0.717) is 22.9 Å². The summed E-state index contributed by atoms with van der Waals surface area (Å²) in [4.78, 5) is 31.5. The number of hydrogen-bond donors (Lipinski definition) is 0. The molecule has 0 bridgehead atoms. The molecule has 1 amide bonds. The summed E-state index contributed by atoms with van der Waals surface area (Å²) in [7, 11) is 0. The Morgan fingerprint density at radius 2 is 1.96 bits per heavy atom. The summed E-state index contributed by atoms with van der Waals surface area (Å²) >= 11 is 0. The average molecular weight is 339 g/mol. The second kappa shape index (κ2) is 6.02. The second-order valence-corrected chi connectivity index (χ2v) is 7.20. The third-order valence-corrected chi connectivity index (χ3v) is 4.88. The highest BCUT2D eigenvalue weighted by molar-refractivity contribution is 6.01. The average Bonchev–Trinajstić information content (AvgIpc) is 2.96. The minimum absolute atomic E-state index is 0.00173. The Kier molecular flexibility index (Phi) is 3.82. The van der Waals surface area contributed by atoms with E-state index in [-0.39, 0.29) is 23.6 Å². The van der Waals surface area contributed by atoms with Gasteiger partial charge in [-0.25, -0.2) is 4.98 Å². The van der Waals surface area contributed by atoms with Gasteiger partial charge in [0.2, 0.25) is 11.5 Å². The molecule has 3 heterocycles. The molecule has 1 fully saturated rings. The van der Waals surface area contributed by atoms with Gasteiger partial charge in [0.25, 0.3) is 5.56 Å². The minimum Gasteiger partial charge on any atom is -0.448 e. The largest absolute Gasteiger partial charge is 0.448 e. The lowest BCUT2D eigenvalue weighted by molar-refractivity contribution is -0.134. The maximum Gasteiger partial charge on any atom is 0.297 e. The predicted octanol–water partition coefficient (Wildman–Crippen LogP) is 2.65. The van der Waals surface area contributed by atoms with Gasteiger partial charge in [-0.3, -0.25) is 14.2 Å². The Bertz CT molecular complexity index is 994. The van der Waals surface area contributed by atoms with Crippen LogP contribution < -0.4 is 5.56 Å². The van der Waals surface area contributed by atoms with Crippen molar-refractivity contribution in [2.24, 2.45) is 11.8 Å².